The van der Waals surface area contributed by atoms with E-state index in [2.05, 4.69) is 15.4 Å². The fraction of sp³-hybridized carbons (Fsp3) is 0.579. The summed E-state index contributed by atoms with van der Waals surface area (Å²) in [7, 11) is -3.67. The molecule has 3 N–H and O–H groups in total. The van der Waals surface area contributed by atoms with Gasteiger partial charge in [-0.05, 0) is 57.4 Å². The minimum atomic E-state index is -3.67. The molecule has 156 valence electrons. The summed E-state index contributed by atoms with van der Waals surface area (Å²) in [5.41, 5.74) is 0.279. The van der Waals surface area contributed by atoms with Crippen molar-refractivity contribution in [3.63, 3.8) is 0 Å². The Bertz CT molecular complexity index is 773. The number of ether oxygens (including phenoxy) is 1. The van der Waals surface area contributed by atoms with Gasteiger partial charge in [-0.2, -0.15) is 0 Å². The number of rotatable bonds is 9. The molecule has 2 rings (SSSR count). The number of sulfonamides is 1. The van der Waals surface area contributed by atoms with E-state index in [0.29, 0.717) is 6.61 Å². The number of carbonyl (C=O) groups is 2. The van der Waals surface area contributed by atoms with Crippen LogP contribution >= 0.6 is 0 Å². The highest BCUT2D eigenvalue weighted by Crippen LogP contribution is 2.14. The van der Waals surface area contributed by atoms with Gasteiger partial charge in [0.15, 0.2) is 0 Å². The van der Waals surface area contributed by atoms with Crippen LogP contribution in [0.15, 0.2) is 29.2 Å². The molecule has 0 saturated carbocycles. The minimum absolute atomic E-state index is 0.0264. The van der Waals surface area contributed by atoms with Gasteiger partial charge in [0.25, 0.3) is 5.91 Å². The van der Waals surface area contributed by atoms with Crippen LogP contribution in [0.1, 0.15) is 50.4 Å². The van der Waals surface area contributed by atoms with E-state index in [1.54, 1.807) is 6.92 Å². The fourth-order valence-corrected chi connectivity index (χ4v) is 3.76. The Hall–Kier alpha value is -1.97. The lowest BCUT2D eigenvalue weighted by molar-refractivity contribution is -0.123. The molecule has 0 spiro atoms. The maximum absolute atomic E-state index is 12.3. The Kier molecular flexibility index (Phi) is 7.97. The molecule has 1 aliphatic heterocycles. The van der Waals surface area contributed by atoms with Gasteiger partial charge in [-0.3, -0.25) is 9.59 Å². The van der Waals surface area contributed by atoms with Gasteiger partial charge in [-0.1, -0.05) is 6.92 Å². The Morgan fingerprint density at radius 3 is 2.43 bits per heavy atom. The molecule has 8 nitrogen and oxygen atoms in total. The van der Waals surface area contributed by atoms with Crippen molar-refractivity contribution in [2.75, 3.05) is 13.2 Å². The standard InChI is InChI=1S/C19H29N3O5S/c1-4-13(2)21-18(23)14(3)22-19(24)15-7-9-17(10-8-15)28(25,26)20-12-16-6-5-11-27-16/h7-10,13-14,16,20H,4-6,11-12H2,1-3H3,(H,21,23)(H,22,24). The van der Waals surface area contributed by atoms with E-state index >= 15 is 0 Å². The quantitative estimate of drug-likeness (QED) is 0.565. The third kappa shape index (κ3) is 6.29. The fourth-order valence-electron chi connectivity index (χ4n) is 2.69. The van der Waals surface area contributed by atoms with E-state index < -0.39 is 22.0 Å². The molecule has 0 aromatic heterocycles. The van der Waals surface area contributed by atoms with Crippen molar-refractivity contribution in [2.24, 2.45) is 0 Å². The smallest absolute Gasteiger partial charge is 0.251 e. The largest absolute Gasteiger partial charge is 0.377 e. The summed E-state index contributed by atoms with van der Waals surface area (Å²) in [6.45, 7) is 6.33. The third-order valence-corrected chi connectivity index (χ3v) is 6.13. The first kappa shape index (κ1) is 22.3. The van der Waals surface area contributed by atoms with Crippen LogP contribution in [0.4, 0.5) is 0 Å². The van der Waals surface area contributed by atoms with Gasteiger partial charge in [0, 0.05) is 24.8 Å². The normalized spacial score (nSPS) is 19.0. The second-order valence-corrected chi connectivity index (χ2v) is 8.79. The molecule has 1 aliphatic rings. The highest BCUT2D eigenvalue weighted by atomic mass is 32.2. The molecule has 1 aromatic carbocycles. The van der Waals surface area contributed by atoms with Crippen LogP contribution < -0.4 is 15.4 Å². The van der Waals surface area contributed by atoms with Gasteiger partial charge >= 0.3 is 0 Å². The first-order chi connectivity index (χ1) is 13.2. The number of amides is 2. The SMILES string of the molecule is CCC(C)NC(=O)C(C)NC(=O)c1ccc(S(=O)(=O)NCC2CCCO2)cc1. The summed E-state index contributed by atoms with van der Waals surface area (Å²) in [5, 5.41) is 5.41. The van der Waals surface area contributed by atoms with Crippen molar-refractivity contribution in [1.82, 2.24) is 15.4 Å². The maximum Gasteiger partial charge on any atom is 0.251 e. The van der Waals surface area contributed by atoms with E-state index in [4.69, 9.17) is 4.74 Å². The maximum atomic E-state index is 12.3. The Morgan fingerprint density at radius 2 is 1.86 bits per heavy atom. The number of nitrogens with one attached hydrogen (secondary N) is 3. The molecule has 3 atom stereocenters. The molecule has 1 fully saturated rings. The van der Waals surface area contributed by atoms with Crippen LogP contribution in [0.5, 0.6) is 0 Å². The molecule has 3 unspecified atom stereocenters. The number of benzene rings is 1. The van der Waals surface area contributed by atoms with Crippen LogP contribution in [0, 0.1) is 0 Å². The summed E-state index contributed by atoms with van der Waals surface area (Å²) >= 11 is 0. The lowest BCUT2D eigenvalue weighted by Crippen LogP contribution is -2.47. The summed E-state index contributed by atoms with van der Waals surface area (Å²) in [4.78, 5) is 24.4. The number of hydrogen-bond acceptors (Lipinski definition) is 5. The van der Waals surface area contributed by atoms with Crippen LogP contribution in [0.3, 0.4) is 0 Å². The average molecular weight is 412 g/mol. The Morgan fingerprint density at radius 1 is 1.18 bits per heavy atom. The summed E-state index contributed by atoms with van der Waals surface area (Å²) < 4.78 is 32.6. The zero-order valence-corrected chi connectivity index (χ0v) is 17.3. The van der Waals surface area contributed by atoms with Crippen molar-refractivity contribution >= 4 is 21.8 Å². The van der Waals surface area contributed by atoms with E-state index in [1.165, 1.54) is 24.3 Å². The minimum Gasteiger partial charge on any atom is -0.377 e. The molecule has 0 radical (unpaired) electrons. The highest BCUT2D eigenvalue weighted by molar-refractivity contribution is 7.89. The van der Waals surface area contributed by atoms with E-state index in [1.807, 2.05) is 13.8 Å². The Labute approximate surface area is 166 Å². The van der Waals surface area contributed by atoms with Crippen LogP contribution in [-0.2, 0) is 19.6 Å². The van der Waals surface area contributed by atoms with Gasteiger partial charge in [-0.25, -0.2) is 13.1 Å². The molecule has 1 saturated heterocycles. The lowest BCUT2D eigenvalue weighted by atomic mass is 10.2. The van der Waals surface area contributed by atoms with Gasteiger partial charge in [-0.15, -0.1) is 0 Å². The van der Waals surface area contributed by atoms with Crippen molar-refractivity contribution in [2.45, 2.75) is 63.1 Å². The van der Waals surface area contributed by atoms with Crippen molar-refractivity contribution in [3.8, 4) is 0 Å². The van der Waals surface area contributed by atoms with Crippen molar-refractivity contribution < 1.29 is 22.7 Å². The van der Waals surface area contributed by atoms with Crippen LogP contribution in [-0.4, -0.2) is 51.6 Å². The van der Waals surface area contributed by atoms with Crippen molar-refractivity contribution in [3.05, 3.63) is 29.8 Å². The monoisotopic (exact) mass is 411 g/mol. The van der Waals surface area contributed by atoms with E-state index in [0.717, 1.165) is 19.3 Å². The molecule has 2 amide bonds. The number of carbonyl (C=O) groups excluding carboxylic acids is 2. The van der Waals surface area contributed by atoms with Gasteiger partial charge in [0.1, 0.15) is 6.04 Å². The van der Waals surface area contributed by atoms with Gasteiger partial charge in [0.05, 0.1) is 11.0 Å². The highest BCUT2D eigenvalue weighted by Gasteiger charge is 2.21. The molecule has 0 bridgehead atoms. The van der Waals surface area contributed by atoms with E-state index in [9.17, 15) is 18.0 Å². The second kappa shape index (κ2) is 9.99. The zero-order chi connectivity index (χ0) is 20.7. The molecule has 0 aliphatic carbocycles. The molecular weight excluding hydrogens is 382 g/mol. The van der Waals surface area contributed by atoms with Crippen LogP contribution in [0.2, 0.25) is 0 Å². The summed E-state index contributed by atoms with van der Waals surface area (Å²) in [5.74, 6) is -0.705. The third-order valence-electron chi connectivity index (χ3n) is 4.69. The predicted molar refractivity (Wildman–Crippen MR) is 105 cm³/mol. The molecule has 1 aromatic rings. The average Bonchev–Trinajstić information content (AvgIpc) is 3.20. The Balaban J connectivity index is 1.93. The first-order valence-corrected chi connectivity index (χ1v) is 11.0. The number of hydrogen-bond donors (Lipinski definition) is 3. The predicted octanol–water partition coefficient (Wildman–Crippen LogP) is 1.18. The van der Waals surface area contributed by atoms with Crippen LogP contribution in [0.25, 0.3) is 0 Å². The van der Waals surface area contributed by atoms with Gasteiger partial charge < -0.3 is 15.4 Å². The molecular formula is C19H29N3O5S. The summed E-state index contributed by atoms with van der Waals surface area (Å²) in [6.07, 6.45) is 2.47. The first-order valence-electron chi connectivity index (χ1n) is 9.55. The van der Waals surface area contributed by atoms with E-state index in [-0.39, 0.29) is 35.1 Å². The molecule has 28 heavy (non-hydrogen) atoms. The second-order valence-electron chi connectivity index (χ2n) is 7.02. The van der Waals surface area contributed by atoms with Gasteiger partial charge in [0.2, 0.25) is 15.9 Å². The van der Waals surface area contributed by atoms with Crippen molar-refractivity contribution in [1.29, 1.82) is 0 Å². The molecule has 9 heteroatoms. The molecule has 1 heterocycles. The summed E-state index contributed by atoms with van der Waals surface area (Å²) in [6, 6.07) is 4.93. The lowest BCUT2D eigenvalue weighted by Gasteiger charge is -2.17. The topological polar surface area (TPSA) is 114 Å². The zero-order valence-electron chi connectivity index (χ0n) is 16.5.